The van der Waals surface area contributed by atoms with E-state index in [4.69, 9.17) is 11.6 Å². The molecule has 0 fully saturated rings. The molecule has 1 rings (SSSR count). The molecular weight excluding hydrogens is 204 g/mol. The van der Waals surface area contributed by atoms with E-state index in [-0.39, 0.29) is 9.99 Å². The van der Waals surface area contributed by atoms with Crippen LogP contribution in [-0.2, 0) is 4.79 Å². The van der Waals surface area contributed by atoms with Crippen molar-refractivity contribution in [2.75, 3.05) is 6.26 Å². The lowest BCUT2D eigenvalue weighted by Crippen LogP contribution is -2.25. The van der Waals surface area contributed by atoms with Crippen LogP contribution in [-0.4, -0.2) is 16.2 Å². The van der Waals surface area contributed by atoms with Crippen molar-refractivity contribution < 1.29 is 4.79 Å². The zero-order valence-corrected chi connectivity index (χ0v) is 9.63. The lowest BCUT2D eigenvalue weighted by Gasteiger charge is -2.31. The van der Waals surface area contributed by atoms with Crippen LogP contribution < -0.4 is 0 Å². The number of carbonyl (C=O) groups excluding carboxylic acids is 1. The van der Waals surface area contributed by atoms with Gasteiger partial charge in [0, 0.05) is 10.3 Å². The molecule has 1 nitrogen and oxygen atoms in total. The molecule has 0 N–H and O–H groups in total. The standard InChI is InChI=1S/C10H13ClOS/c1-7-4-5-8(9(11)12)6-10(7,2)13-3/h4-5H,6H2,1-3H3. The van der Waals surface area contributed by atoms with Crippen molar-refractivity contribution in [2.24, 2.45) is 0 Å². The van der Waals surface area contributed by atoms with Crippen LogP contribution in [0.15, 0.2) is 23.3 Å². The van der Waals surface area contributed by atoms with E-state index in [0.29, 0.717) is 5.57 Å². The third-order valence-electron chi connectivity index (χ3n) is 2.60. The van der Waals surface area contributed by atoms with E-state index in [1.54, 1.807) is 11.8 Å². The predicted molar refractivity (Wildman–Crippen MR) is 59.2 cm³/mol. The highest BCUT2D eigenvalue weighted by Gasteiger charge is 2.30. The minimum atomic E-state index is -0.330. The van der Waals surface area contributed by atoms with Crippen molar-refractivity contribution >= 4 is 28.6 Å². The SMILES string of the molecule is CSC1(C)CC(C(=O)Cl)=CC=C1C. The highest BCUT2D eigenvalue weighted by molar-refractivity contribution is 8.00. The van der Waals surface area contributed by atoms with Gasteiger partial charge in [0.2, 0.25) is 5.24 Å². The maximum atomic E-state index is 11.0. The fourth-order valence-electron chi connectivity index (χ4n) is 1.33. The molecule has 72 valence electrons. The number of halogens is 1. The first-order valence-corrected chi connectivity index (χ1v) is 5.73. The Morgan fingerprint density at radius 3 is 2.69 bits per heavy atom. The van der Waals surface area contributed by atoms with Crippen LogP contribution in [0.3, 0.4) is 0 Å². The highest BCUT2D eigenvalue weighted by atomic mass is 35.5. The quantitative estimate of drug-likeness (QED) is 0.660. The van der Waals surface area contributed by atoms with Gasteiger partial charge in [-0.25, -0.2) is 0 Å². The van der Waals surface area contributed by atoms with Gasteiger partial charge in [-0.15, -0.1) is 0 Å². The number of rotatable bonds is 2. The molecule has 1 aliphatic rings. The Labute approximate surface area is 88.2 Å². The molecule has 0 aromatic heterocycles. The molecule has 0 radical (unpaired) electrons. The van der Waals surface area contributed by atoms with Gasteiger partial charge in [-0.3, -0.25) is 4.79 Å². The first-order chi connectivity index (χ1) is 5.99. The molecular formula is C10H13ClOS. The van der Waals surface area contributed by atoms with Gasteiger partial charge < -0.3 is 0 Å². The second-order valence-electron chi connectivity index (χ2n) is 3.43. The molecule has 0 heterocycles. The van der Waals surface area contributed by atoms with Crippen molar-refractivity contribution in [1.29, 1.82) is 0 Å². The zero-order valence-electron chi connectivity index (χ0n) is 8.06. The average molecular weight is 217 g/mol. The van der Waals surface area contributed by atoms with E-state index >= 15 is 0 Å². The Balaban J connectivity index is 2.96. The normalized spacial score (nSPS) is 28.0. The molecule has 0 aliphatic heterocycles. The minimum Gasteiger partial charge on any atom is -0.276 e. The molecule has 0 spiro atoms. The van der Waals surface area contributed by atoms with Crippen LogP contribution in [0.4, 0.5) is 0 Å². The first kappa shape index (κ1) is 10.9. The van der Waals surface area contributed by atoms with Gasteiger partial charge in [-0.2, -0.15) is 11.8 Å². The summed E-state index contributed by atoms with van der Waals surface area (Å²) in [6, 6.07) is 0. The molecule has 0 amide bonds. The van der Waals surface area contributed by atoms with Gasteiger partial charge >= 0.3 is 0 Å². The fraction of sp³-hybridized carbons (Fsp3) is 0.500. The van der Waals surface area contributed by atoms with E-state index in [9.17, 15) is 4.79 Å². The Kier molecular flexibility index (Phi) is 3.25. The molecule has 0 bridgehead atoms. The molecule has 0 saturated carbocycles. The smallest absolute Gasteiger partial charge is 0.248 e. The van der Waals surface area contributed by atoms with Crippen molar-refractivity contribution in [2.45, 2.75) is 25.0 Å². The van der Waals surface area contributed by atoms with E-state index in [1.165, 1.54) is 5.57 Å². The van der Waals surface area contributed by atoms with E-state index in [2.05, 4.69) is 20.1 Å². The Morgan fingerprint density at radius 1 is 1.62 bits per heavy atom. The molecule has 0 aromatic rings. The lowest BCUT2D eigenvalue weighted by molar-refractivity contribution is -0.108. The van der Waals surface area contributed by atoms with E-state index in [0.717, 1.165) is 6.42 Å². The summed E-state index contributed by atoms with van der Waals surface area (Å²) in [7, 11) is 0. The number of thioether (sulfide) groups is 1. The van der Waals surface area contributed by atoms with Gasteiger partial charge in [0.15, 0.2) is 0 Å². The Hall–Kier alpha value is -0.210. The summed E-state index contributed by atoms with van der Waals surface area (Å²) < 4.78 is 0.0363. The summed E-state index contributed by atoms with van der Waals surface area (Å²) in [5.41, 5.74) is 2.01. The number of hydrogen-bond donors (Lipinski definition) is 0. The van der Waals surface area contributed by atoms with Crippen molar-refractivity contribution in [1.82, 2.24) is 0 Å². The minimum absolute atomic E-state index is 0.0363. The summed E-state index contributed by atoms with van der Waals surface area (Å²) in [4.78, 5) is 11.0. The summed E-state index contributed by atoms with van der Waals surface area (Å²) in [5.74, 6) is 0. The molecule has 13 heavy (non-hydrogen) atoms. The Morgan fingerprint density at radius 2 is 2.23 bits per heavy atom. The van der Waals surface area contributed by atoms with Gasteiger partial charge in [-0.05, 0) is 38.1 Å². The molecule has 1 atom stereocenters. The molecule has 1 aliphatic carbocycles. The third kappa shape index (κ3) is 2.18. The lowest BCUT2D eigenvalue weighted by atomic mass is 9.89. The van der Waals surface area contributed by atoms with E-state index in [1.807, 2.05) is 12.2 Å². The predicted octanol–water partition coefficient (Wildman–Crippen LogP) is 3.15. The summed E-state index contributed by atoms with van der Waals surface area (Å²) in [5, 5.41) is -0.330. The van der Waals surface area contributed by atoms with Gasteiger partial charge in [0.05, 0.1) is 0 Å². The monoisotopic (exact) mass is 216 g/mol. The maximum absolute atomic E-state index is 11.0. The summed E-state index contributed by atoms with van der Waals surface area (Å²) in [6.45, 7) is 4.22. The second kappa shape index (κ2) is 3.89. The van der Waals surface area contributed by atoms with Crippen molar-refractivity contribution in [3.8, 4) is 0 Å². The van der Waals surface area contributed by atoms with Gasteiger partial charge in [-0.1, -0.05) is 17.7 Å². The Bertz CT molecular complexity index is 293. The average Bonchev–Trinajstić information content (AvgIpc) is 2.09. The van der Waals surface area contributed by atoms with Gasteiger partial charge in [0.25, 0.3) is 0 Å². The van der Waals surface area contributed by atoms with Crippen molar-refractivity contribution in [3.05, 3.63) is 23.3 Å². The largest absolute Gasteiger partial charge is 0.276 e. The molecule has 1 unspecified atom stereocenters. The van der Waals surface area contributed by atoms with Crippen LogP contribution in [0.5, 0.6) is 0 Å². The van der Waals surface area contributed by atoms with E-state index < -0.39 is 0 Å². The first-order valence-electron chi connectivity index (χ1n) is 4.12. The third-order valence-corrected chi connectivity index (χ3v) is 4.21. The van der Waals surface area contributed by atoms with Crippen LogP contribution in [0.2, 0.25) is 0 Å². The fourth-order valence-corrected chi connectivity index (χ4v) is 2.15. The molecule has 0 saturated heterocycles. The second-order valence-corrected chi connectivity index (χ2v) is 5.08. The van der Waals surface area contributed by atoms with Crippen LogP contribution in [0.1, 0.15) is 20.3 Å². The summed E-state index contributed by atoms with van der Waals surface area (Å²) >= 11 is 7.20. The zero-order chi connectivity index (χ0) is 10.1. The highest BCUT2D eigenvalue weighted by Crippen LogP contribution is 2.39. The molecule has 3 heteroatoms. The van der Waals surface area contributed by atoms with Gasteiger partial charge in [0.1, 0.15) is 0 Å². The topological polar surface area (TPSA) is 17.1 Å². The van der Waals surface area contributed by atoms with Crippen LogP contribution in [0, 0.1) is 0 Å². The summed E-state index contributed by atoms with van der Waals surface area (Å²) in [6.07, 6.45) is 6.59. The number of hydrogen-bond acceptors (Lipinski definition) is 2. The van der Waals surface area contributed by atoms with Crippen LogP contribution in [0.25, 0.3) is 0 Å². The number of carbonyl (C=O) groups is 1. The van der Waals surface area contributed by atoms with Crippen molar-refractivity contribution in [3.63, 3.8) is 0 Å². The molecule has 0 aromatic carbocycles. The maximum Gasteiger partial charge on any atom is 0.248 e. The number of allylic oxidation sites excluding steroid dienone is 3. The van der Waals surface area contributed by atoms with Crippen LogP contribution >= 0.6 is 23.4 Å².